The molecule has 0 aromatic heterocycles. The van der Waals surface area contributed by atoms with Crippen LogP contribution < -0.4 is 17.0 Å². The predicted molar refractivity (Wildman–Crippen MR) is 35.6 cm³/mol. The predicted octanol–water partition coefficient (Wildman–Crippen LogP) is -1.22. The van der Waals surface area contributed by atoms with E-state index in [2.05, 4.69) is 0 Å². The maximum absolute atomic E-state index is 1.86. The topological polar surface area (TPSA) is 0 Å². The zero-order valence-electron chi connectivity index (χ0n) is 5.70. The summed E-state index contributed by atoms with van der Waals surface area (Å²) in [5, 5.41) is 0. The Morgan fingerprint density at radius 2 is 1.89 bits per heavy atom. The quantitative estimate of drug-likeness (QED) is 0.339. The van der Waals surface area contributed by atoms with Crippen LogP contribution in [0, 0.1) is 11.8 Å². The molecule has 0 radical (unpaired) electrons. The number of fused-ring (bicyclic) bond motifs is 2. The molecule has 3 fully saturated rings. The molecule has 2 heteroatoms. The molecule has 0 aromatic rings. The van der Waals surface area contributed by atoms with Gasteiger partial charge in [-0.3, -0.25) is 0 Å². The van der Waals surface area contributed by atoms with Crippen LogP contribution in [0.1, 0.15) is 32.1 Å². The first-order chi connectivity index (χ1) is 3.45. The third kappa shape index (κ3) is 2.09. The van der Waals surface area contributed by atoms with Crippen LogP contribution in [0.15, 0.2) is 0 Å². The van der Waals surface area contributed by atoms with E-state index in [0.29, 0.717) is 0 Å². The molecule has 0 heterocycles. The molecule has 3 aliphatic carbocycles. The molecule has 9 heavy (non-hydrogen) atoms. The third-order valence-electron chi connectivity index (χ3n) is 2.30. The molecule has 0 N–H and O–H groups in total. The van der Waals surface area contributed by atoms with Gasteiger partial charge in [-0.15, -0.1) is 0 Å². The summed E-state index contributed by atoms with van der Waals surface area (Å²) in [5.41, 5.74) is 0. The smallest absolute Gasteiger partial charge is 1.00 e. The molecule has 0 nitrogen and oxygen atoms in total. The standard InChI is InChI=1S/C7H11.BrH.Mg/c1-2-6-4-7(3-1)5-6;;/h6H,1-5H2;1H;/q-1;;+2/p-1. The molecule has 3 saturated carbocycles. The van der Waals surface area contributed by atoms with E-state index in [-0.39, 0.29) is 40.0 Å². The minimum atomic E-state index is 0. The number of rotatable bonds is 0. The summed E-state index contributed by atoms with van der Waals surface area (Å²) in [6.07, 6.45) is 7.50. The van der Waals surface area contributed by atoms with Gasteiger partial charge in [0.25, 0.3) is 0 Å². The van der Waals surface area contributed by atoms with Gasteiger partial charge in [-0.05, 0) is 0 Å². The fourth-order valence-electron chi connectivity index (χ4n) is 1.81. The molecule has 0 amide bonds. The second-order valence-electron chi connectivity index (χ2n) is 2.92. The first-order valence-electron chi connectivity index (χ1n) is 3.29. The summed E-state index contributed by atoms with van der Waals surface area (Å²) >= 11 is 0. The molecule has 0 aliphatic heterocycles. The molecule has 2 bridgehead atoms. The summed E-state index contributed by atoms with van der Waals surface area (Å²) in [5.74, 6) is 3.00. The van der Waals surface area contributed by atoms with Crippen LogP contribution in [0.3, 0.4) is 0 Å². The van der Waals surface area contributed by atoms with E-state index in [4.69, 9.17) is 0 Å². The average molecular weight is 199 g/mol. The minimum absolute atomic E-state index is 0. The summed E-state index contributed by atoms with van der Waals surface area (Å²) in [6, 6.07) is 0. The van der Waals surface area contributed by atoms with Gasteiger partial charge < -0.3 is 22.9 Å². The molecular formula is C7H11BrMg. The largest absolute Gasteiger partial charge is 2.00 e. The maximum Gasteiger partial charge on any atom is 2.00 e. The molecule has 3 aliphatic rings. The van der Waals surface area contributed by atoms with E-state index in [1.165, 1.54) is 32.1 Å². The van der Waals surface area contributed by atoms with Crippen molar-refractivity contribution >= 4 is 23.1 Å². The van der Waals surface area contributed by atoms with Crippen molar-refractivity contribution in [3.05, 3.63) is 5.92 Å². The number of hydrogen-bond acceptors (Lipinski definition) is 0. The Morgan fingerprint density at radius 1 is 1.22 bits per heavy atom. The van der Waals surface area contributed by atoms with Crippen molar-refractivity contribution in [3.8, 4) is 0 Å². The van der Waals surface area contributed by atoms with Crippen molar-refractivity contribution in [2.45, 2.75) is 32.1 Å². The van der Waals surface area contributed by atoms with Crippen LogP contribution in [0.5, 0.6) is 0 Å². The maximum atomic E-state index is 1.86. The van der Waals surface area contributed by atoms with E-state index >= 15 is 0 Å². The van der Waals surface area contributed by atoms with Crippen molar-refractivity contribution in [1.29, 1.82) is 0 Å². The monoisotopic (exact) mass is 198 g/mol. The van der Waals surface area contributed by atoms with Crippen LogP contribution in [-0.2, 0) is 0 Å². The summed E-state index contributed by atoms with van der Waals surface area (Å²) < 4.78 is 0. The number of halogens is 1. The molecule has 0 atom stereocenters. The van der Waals surface area contributed by atoms with E-state index in [1.54, 1.807) is 0 Å². The Morgan fingerprint density at radius 3 is 2.00 bits per heavy atom. The molecule has 0 unspecified atom stereocenters. The molecule has 48 valence electrons. The SMILES string of the molecule is C1C[C-]2CC(C1)C2.[Br-].[Mg+2]. The van der Waals surface area contributed by atoms with Crippen molar-refractivity contribution < 1.29 is 17.0 Å². The second kappa shape index (κ2) is 4.19. The molecule has 0 spiro atoms. The summed E-state index contributed by atoms with van der Waals surface area (Å²) in [7, 11) is 0. The van der Waals surface area contributed by atoms with Gasteiger partial charge >= 0.3 is 23.1 Å². The van der Waals surface area contributed by atoms with Crippen molar-refractivity contribution in [2.24, 2.45) is 5.92 Å². The van der Waals surface area contributed by atoms with Crippen LogP contribution in [0.4, 0.5) is 0 Å². The van der Waals surface area contributed by atoms with Crippen molar-refractivity contribution in [2.75, 3.05) is 0 Å². The van der Waals surface area contributed by atoms with Gasteiger partial charge in [0.2, 0.25) is 0 Å². The number of hydrogen-bond donors (Lipinski definition) is 0. The van der Waals surface area contributed by atoms with Gasteiger partial charge in [0.1, 0.15) is 0 Å². The van der Waals surface area contributed by atoms with Crippen molar-refractivity contribution in [1.82, 2.24) is 0 Å². The molecule has 0 saturated heterocycles. The Kier molecular flexibility index (Phi) is 4.77. The van der Waals surface area contributed by atoms with Gasteiger partial charge in [-0.25, -0.2) is 0 Å². The summed E-state index contributed by atoms with van der Waals surface area (Å²) in [4.78, 5) is 0. The average Bonchev–Trinajstić information content (AvgIpc) is 1.67. The van der Waals surface area contributed by atoms with Crippen molar-refractivity contribution in [3.63, 3.8) is 0 Å². The summed E-state index contributed by atoms with van der Waals surface area (Å²) in [6.45, 7) is 0. The fourth-order valence-corrected chi connectivity index (χ4v) is 1.81. The zero-order chi connectivity index (χ0) is 4.69. The van der Waals surface area contributed by atoms with E-state index in [1.807, 2.05) is 5.92 Å². The first kappa shape index (κ1) is 10.2. The van der Waals surface area contributed by atoms with Gasteiger partial charge in [0, 0.05) is 0 Å². The van der Waals surface area contributed by atoms with Crippen LogP contribution in [0.25, 0.3) is 0 Å². The van der Waals surface area contributed by atoms with E-state index in [9.17, 15) is 0 Å². The zero-order valence-corrected chi connectivity index (χ0v) is 8.70. The molecule has 0 aromatic carbocycles. The van der Waals surface area contributed by atoms with E-state index < -0.39 is 0 Å². The fraction of sp³-hybridized carbons (Fsp3) is 0.857. The van der Waals surface area contributed by atoms with Gasteiger partial charge in [0.15, 0.2) is 0 Å². The van der Waals surface area contributed by atoms with Crippen LogP contribution in [-0.4, -0.2) is 23.1 Å². The molecule has 3 rings (SSSR count). The van der Waals surface area contributed by atoms with Gasteiger partial charge in [-0.2, -0.15) is 19.3 Å². The second-order valence-corrected chi connectivity index (χ2v) is 2.92. The minimum Gasteiger partial charge on any atom is -1.00 e. The van der Waals surface area contributed by atoms with Gasteiger partial charge in [0.05, 0.1) is 0 Å². The Labute approximate surface area is 83.7 Å². The molecular weight excluding hydrogens is 188 g/mol. The Balaban J connectivity index is 0.000000320. The third-order valence-corrected chi connectivity index (χ3v) is 2.30. The first-order valence-corrected chi connectivity index (χ1v) is 3.29. The normalized spacial score (nSPS) is 25.3. The Hall–Kier alpha value is 1.25. The van der Waals surface area contributed by atoms with E-state index in [0.717, 1.165) is 5.92 Å². The Bertz CT molecular complexity index is 65.5. The van der Waals surface area contributed by atoms with Crippen LogP contribution in [0.2, 0.25) is 0 Å². The van der Waals surface area contributed by atoms with Crippen LogP contribution >= 0.6 is 0 Å². The van der Waals surface area contributed by atoms with Gasteiger partial charge in [-0.1, -0.05) is 18.8 Å².